The molecule has 0 saturated carbocycles. The number of nitrogen functional groups attached to an aromatic ring is 1. The van der Waals surface area contributed by atoms with Crippen LogP contribution in [0.3, 0.4) is 0 Å². The Balaban J connectivity index is 3.23. The Hall–Kier alpha value is -1.18. The Bertz CT molecular complexity index is 577. The van der Waals surface area contributed by atoms with Crippen molar-refractivity contribution in [2.75, 3.05) is 11.5 Å². The fraction of sp³-hybridized carbons (Fsp3) is 0.500. The van der Waals surface area contributed by atoms with E-state index in [9.17, 15) is 12.8 Å². The Labute approximate surface area is 112 Å². The molecule has 6 N–H and O–H groups in total. The smallest absolute Gasteiger partial charge is 0.170 e. The summed E-state index contributed by atoms with van der Waals surface area (Å²) in [5.74, 6) is -1.06. The monoisotopic (exact) mass is 289 g/mol. The lowest BCUT2D eigenvalue weighted by atomic mass is 9.94. The van der Waals surface area contributed by atoms with Gasteiger partial charge in [-0.2, -0.15) is 0 Å². The summed E-state index contributed by atoms with van der Waals surface area (Å²) in [6.45, 7) is 4.18. The van der Waals surface area contributed by atoms with Gasteiger partial charge in [0.1, 0.15) is 10.7 Å². The first-order chi connectivity index (χ1) is 8.37. The van der Waals surface area contributed by atoms with E-state index in [-0.39, 0.29) is 5.56 Å². The molecule has 0 bridgehead atoms. The summed E-state index contributed by atoms with van der Waals surface area (Å²) >= 11 is 0. The molecule has 0 aromatic heterocycles. The molecule has 0 amide bonds. The summed E-state index contributed by atoms with van der Waals surface area (Å²) < 4.78 is 37.9. The highest BCUT2D eigenvalue weighted by atomic mass is 32.2. The van der Waals surface area contributed by atoms with Crippen LogP contribution in [0.15, 0.2) is 18.2 Å². The van der Waals surface area contributed by atoms with Crippen molar-refractivity contribution in [3.8, 4) is 0 Å². The molecule has 0 fully saturated rings. The molecule has 0 saturated heterocycles. The van der Waals surface area contributed by atoms with Crippen molar-refractivity contribution in [1.29, 1.82) is 0 Å². The summed E-state index contributed by atoms with van der Waals surface area (Å²) in [5.41, 5.74) is 16.1. The molecule has 5 nitrogen and oxygen atoms in total. The van der Waals surface area contributed by atoms with Gasteiger partial charge in [0.05, 0.1) is 11.3 Å². The molecule has 19 heavy (non-hydrogen) atoms. The van der Waals surface area contributed by atoms with Gasteiger partial charge < -0.3 is 17.2 Å². The Morgan fingerprint density at radius 1 is 1.21 bits per heavy atom. The topological polar surface area (TPSA) is 112 Å². The van der Waals surface area contributed by atoms with Crippen LogP contribution < -0.4 is 17.2 Å². The van der Waals surface area contributed by atoms with E-state index in [0.717, 1.165) is 6.07 Å². The lowest BCUT2D eigenvalue weighted by Crippen LogP contribution is -2.50. The van der Waals surface area contributed by atoms with Crippen molar-refractivity contribution < 1.29 is 12.8 Å². The van der Waals surface area contributed by atoms with Gasteiger partial charge in [0, 0.05) is 11.3 Å². The van der Waals surface area contributed by atoms with Crippen molar-refractivity contribution in [3.05, 3.63) is 29.6 Å². The highest BCUT2D eigenvalue weighted by Crippen LogP contribution is 2.27. The SMILES string of the molecule is CC(C)(N)S(=O)(=O)C[C@](C)(N)c1cc(N)ccc1F. The molecule has 1 rings (SSSR count). The lowest BCUT2D eigenvalue weighted by Gasteiger charge is -2.29. The molecular formula is C12H20FN3O2S. The lowest BCUT2D eigenvalue weighted by molar-refractivity contribution is 0.481. The molecule has 0 aliphatic rings. The first-order valence-corrected chi connectivity index (χ1v) is 7.37. The maximum Gasteiger partial charge on any atom is 0.170 e. The highest BCUT2D eigenvalue weighted by molar-refractivity contribution is 7.92. The third-order valence-electron chi connectivity index (χ3n) is 2.90. The van der Waals surface area contributed by atoms with Crippen molar-refractivity contribution in [1.82, 2.24) is 0 Å². The molecule has 0 heterocycles. The van der Waals surface area contributed by atoms with Gasteiger partial charge in [-0.3, -0.25) is 0 Å². The zero-order valence-corrected chi connectivity index (χ0v) is 12.1. The molecule has 1 atom stereocenters. The quantitative estimate of drug-likeness (QED) is 0.706. The average molecular weight is 289 g/mol. The number of halogens is 1. The highest BCUT2D eigenvalue weighted by Gasteiger charge is 2.38. The van der Waals surface area contributed by atoms with Gasteiger partial charge in [0.2, 0.25) is 0 Å². The maximum atomic E-state index is 13.8. The van der Waals surface area contributed by atoms with Crippen LogP contribution in [0.2, 0.25) is 0 Å². The van der Waals surface area contributed by atoms with E-state index in [4.69, 9.17) is 17.2 Å². The molecule has 0 aliphatic heterocycles. The summed E-state index contributed by atoms with van der Waals surface area (Å²) in [4.78, 5) is -1.44. The van der Waals surface area contributed by atoms with E-state index >= 15 is 0 Å². The van der Waals surface area contributed by atoms with Crippen molar-refractivity contribution >= 4 is 15.5 Å². The Morgan fingerprint density at radius 3 is 2.21 bits per heavy atom. The van der Waals surface area contributed by atoms with Crippen LogP contribution in [0, 0.1) is 5.82 Å². The molecule has 108 valence electrons. The van der Waals surface area contributed by atoms with Gasteiger partial charge in [-0.05, 0) is 39.0 Å². The van der Waals surface area contributed by atoms with Gasteiger partial charge in [0.25, 0.3) is 0 Å². The van der Waals surface area contributed by atoms with E-state index in [2.05, 4.69) is 0 Å². The number of hydrogen-bond donors (Lipinski definition) is 3. The summed E-state index contributed by atoms with van der Waals surface area (Å²) in [6.07, 6.45) is 0. The summed E-state index contributed by atoms with van der Waals surface area (Å²) in [6, 6.07) is 3.89. The summed E-state index contributed by atoms with van der Waals surface area (Å²) in [5, 5.41) is 0. The fourth-order valence-corrected chi connectivity index (χ4v) is 2.96. The molecule has 0 spiro atoms. The minimum atomic E-state index is -3.69. The number of hydrogen-bond acceptors (Lipinski definition) is 5. The standard InChI is InChI=1S/C12H20FN3O2S/c1-11(2,15)19(17,18)7-12(3,16)9-6-8(14)4-5-10(9)13/h4-6H,7,14-16H2,1-3H3/t12-/m0/s1. The molecule has 0 radical (unpaired) electrons. The molecule has 7 heteroatoms. The van der Waals surface area contributed by atoms with Gasteiger partial charge >= 0.3 is 0 Å². The van der Waals surface area contributed by atoms with Gasteiger partial charge in [0.15, 0.2) is 9.84 Å². The minimum Gasteiger partial charge on any atom is -0.399 e. The number of rotatable bonds is 4. The van der Waals surface area contributed by atoms with Crippen LogP contribution in [-0.4, -0.2) is 19.0 Å². The zero-order valence-electron chi connectivity index (χ0n) is 11.3. The van der Waals surface area contributed by atoms with E-state index in [1.165, 1.54) is 32.9 Å². The van der Waals surface area contributed by atoms with Crippen LogP contribution in [-0.2, 0) is 15.4 Å². The Morgan fingerprint density at radius 2 is 1.74 bits per heavy atom. The van der Waals surface area contributed by atoms with Crippen molar-refractivity contribution in [3.63, 3.8) is 0 Å². The second-order valence-electron chi connectivity index (χ2n) is 5.52. The zero-order chi connectivity index (χ0) is 15.1. The molecule has 0 unspecified atom stereocenters. The normalized spacial score (nSPS) is 16.1. The van der Waals surface area contributed by atoms with Crippen LogP contribution in [0.1, 0.15) is 26.3 Å². The predicted molar refractivity (Wildman–Crippen MR) is 74.4 cm³/mol. The summed E-state index contributed by atoms with van der Waals surface area (Å²) in [7, 11) is -3.69. The molecule has 1 aromatic rings. The van der Waals surface area contributed by atoms with Crippen molar-refractivity contribution in [2.45, 2.75) is 31.2 Å². The van der Waals surface area contributed by atoms with Crippen LogP contribution in [0.4, 0.5) is 10.1 Å². The number of sulfone groups is 1. The van der Waals surface area contributed by atoms with Crippen LogP contribution in [0.5, 0.6) is 0 Å². The van der Waals surface area contributed by atoms with Gasteiger partial charge in [-0.1, -0.05) is 0 Å². The first-order valence-electron chi connectivity index (χ1n) is 5.72. The third kappa shape index (κ3) is 3.43. The average Bonchev–Trinajstić information content (AvgIpc) is 2.18. The van der Waals surface area contributed by atoms with E-state index in [1.807, 2.05) is 0 Å². The minimum absolute atomic E-state index is 0.0559. The first kappa shape index (κ1) is 15.9. The number of anilines is 1. The third-order valence-corrected chi connectivity index (χ3v) is 5.48. The second kappa shape index (κ2) is 4.73. The molecular weight excluding hydrogens is 269 g/mol. The van der Waals surface area contributed by atoms with Gasteiger partial charge in [-0.25, -0.2) is 12.8 Å². The maximum absolute atomic E-state index is 13.8. The van der Waals surface area contributed by atoms with Crippen LogP contribution in [0.25, 0.3) is 0 Å². The Kier molecular flexibility index (Phi) is 3.96. The molecule has 1 aromatic carbocycles. The van der Waals surface area contributed by atoms with Gasteiger partial charge in [-0.15, -0.1) is 0 Å². The second-order valence-corrected chi connectivity index (χ2v) is 8.09. The van der Waals surface area contributed by atoms with Crippen LogP contribution >= 0.6 is 0 Å². The predicted octanol–water partition coefficient (Wildman–Crippen LogP) is 0.691. The number of nitrogens with two attached hydrogens (primary N) is 3. The fourth-order valence-electron chi connectivity index (χ4n) is 1.64. The molecule has 0 aliphatic carbocycles. The van der Waals surface area contributed by atoms with E-state index in [1.54, 1.807) is 0 Å². The largest absolute Gasteiger partial charge is 0.399 e. The number of benzene rings is 1. The van der Waals surface area contributed by atoms with Crippen molar-refractivity contribution in [2.24, 2.45) is 11.5 Å². The van der Waals surface area contributed by atoms with E-state index < -0.39 is 31.8 Å². The van der Waals surface area contributed by atoms with E-state index in [0.29, 0.717) is 5.69 Å².